The molecule has 3 nitrogen and oxygen atoms in total. The van der Waals surface area contributed by atoms with Gasteiger partial charge in [0.25, 0.3) is 0 Å². The summed E-state index contributed by atoms with van der Waals surface area (Å²) in [5.74, 6) is 0.542. The van der Waals surface area contributed by atoms with Crippen molar-refractivity contribution in [3.8, 4) is 0 Å². The Labute approximate surface area is 110 Å². The Kier molecular flexibility index (Phi) is 6.44. The third-order valence-electron chi connectivity index (χ3n) is 3.02. The maximum Gasteiger partial charge on any atom is 0.224 e. The average Bonchev–Trinajstić information content (AvgIpc) is 2.36. The molecular formula is C15H24N2O. The van der Waals surface area contributed by atoms with Crippen LogP contribution >= 0.6 is 0 Å². The second kappa shape index (κ2) is 7.88. The van der Waals surface area contributed by atoms with Crippen LogP contribution < -0.4 is 10.6 Å². The van der Waals surface area contributed by atoms with Gasteiger partial charge < -0.3 is 10.6 Å². The van der Waals surface area contributed by atoms with E-state index in [0.29, 0.717) is 12.3 Å². The van der Waals surface area contributed by atoms with Crippen molar-refractivity contribution in [3.63, 3.8) is 0 Å². The monoisotopic (exact) mass is 248 g/mol. The maximum absolute atomic E-state index is 11.8. The lowest BCUT2D eigenvalue weighted by atomic mass is 10.0. The van der Waals surface area contributed by atoms with Crippen LogP contribution in [0.2, 0.25) is 0 Å². The minimum absolute atomic E-state index is 0.102. The van der Waals surface area contributed by atoms with E-state index in [1.807, 2.05) is 18.2 Å². The number of rotatable bonds is 7. The van der Waals surface area contributed by atoms with Gasteiger partial charge in [-0.1, -0.05) is 39.3 Å². The van der Waals surface area contributed by atoms with Gasteiger partial charge in [-0.05, 0) is 30.2 Å². The normalized spacial score (nSPS) is 12.2. The predicted octanol–water partition coefficient (Wildman–Crippen LogP) is 3.17. The standard InChI is InChI=1S/C15H24N2O/c1-4-12(3)9-15(18)17-14-8-6-7-13(10-14)11-16-5-2/h6-8,10,12,16H,4-5,9,11H2,1-3H3,(H,17,18). The molecule has 3 heteroatoms. The molecule has 0 aliphatic heterocycles. The zero-order chi connectivity index (χ0) is 13.4. The first-order chi connectivity index (χ1) is 8.65. The van der Waals surface area contributed by atoms with E-state index in [1.165, 1.54) is 5.56 Å². The third-order valence-corrected chi connectivity index (χ3v) is 3.02. The van der Waals surface area contributed by atoms with E-state index in [2.05, 4.69) is 37.5 Å². The summed E-state index contributed by atoms with van der Waals surface area (Å²) in [6.45, 7) is 8.07. The fourth-order valence-electron chi connectivity index (χ4n) is 1.70. The lowest BCUT2D eigenvalue weighted by Gasteiger charge is -2.10. The highest BCUT2D eigenvalue weighted by Gasteiger charge is 2.07. The number of amides is 1. The van der Waals surface area contributed by atoms with Crippen LogP contribution in [-0.2, 0) is 11.3 Å². The smallest absolute Gasteiger partial charge is 0.224 e. The van der Waals surface area contributed by atoms with Gasteiger partial charge in [0.15, 0.2) is 0 Å². The van der Waals surface area contributed by atoms with E-state index >= 15 is 0 Å². The van der Waals surface area contributed by atoms with E-state index in [-0.39, 0.29) is 5.91 Å². The van der Waals surface area contributed by atoms with Gasteiger partial charge in [-0.2, -0.15) is 0 Å². The Hall–Kier alpha value is -1.35. The summed E-state index contributed by atoms with van der Waals surface area (Å²) < 4.78 is 0. The SMILES string of the molecule is CCNCc1cccc(NC(=O)CC(C)CC)c1. The van der Waals surface area contributed by atoms with E-state index in [4.69, 9.17) is 0 Å². The van der Waals surface area contributed by atoms with Crippen molar-refractivity contribution < 1.29 is 4.79 Å². The largest absolute Gasteiger partial charge is 0.326 e. The second-order valence-corrected chi connectivity index (χ2v) is 4.75. The molecule has 0 saturated carbocycles. The van der Waals surface area contributed by atoms with Crippen molar-refractivity contribution in [1.82, 2.24) is 5.32 Å². The summed E-state index contributed by atoms with van der Waals surface area (Å²) in [6, 6.07) is 8.00. The molecule has 100 valence electrons. The van der Waals surface area contributed by atoms with Gasteiger partial charge in [0.2, 0.25) is 5.91 Å². The number of hydrogen-bond donors (Lipinski definition) is 2. The highest BCUT2D eigenvalue weighted by molar-refractivity contribution is 5.90. The van der Waals surface area contributed by atoms with Gasteiger partial charge in [0, 0.05) is 18.7 Å². The number of nitrogens with one attached hydrogen (secondary N) is 2. The maximum atomic E-state index is 11.8. The van der Waals surface area contributed by atoms with Crippen LogP contribution in [0.1, 0.15) is 39.2 Å². The number of carbonyl (C=O) groups is 1. The molecule has 0 aliphatic carbocycles. The van der Waals surface area contributed by atoms with Crippen LogP contribution in [0.5, 0.6) is 0 Å². The van der Waals surface area contributed by atoms with Crippen LogP contribution in [-0.4, -0.2) is 12.5 Å². The van der Waals surface area contributed by atoms with Crippen molar-refractivity contribution in [1.29, 1.82) is 0 Å². The van der Waals surface area contributed by atoms with Crippen LogP contribution in [0.15, 0.2) is 24.3 Å². The average molecular weight is 248 g/mol. The molecule has 0 radical (unpaired) electrons. The number of benzene rings is 1. The van der Waals surface area contributed by atoms with Crippen molar-refractivity contribution in [2.24, 2.45) is 5.92 Å². The van der Waals surface area contributed by atoms with Crippen LogP contribution in [0, 0.1) is 5.92 Å². The topological polar surface area (TPSA) is 41.1 Å². The molecule has 0 bridgehead atoms. The van der Waals surface area contributed by atoms with Gasteiger partial charge in [0.1, 0.15) is 0 Å². The van der Waals surface area contributed by atoms with Crippen LogP contribution in [0.4, 0.5) is 5.69 Å². The summed E-state index contributed by atoms with van der Waals surface area (Å²) in [6.07, 6.45) is 1.63. The summed E-state index contributed by atoms with van der Waals surface area (Å²) in [4.78, 5) is 11.8. The molecule has 1 rings (SSSR count). The molecule has 0 heterocycles. The van der Waals surface area contributed by atoms with Gasteiger partial charge in [-0.3, -0.25) is 4.79 Å². The van der Waals surface area contributed by atoms with Crippen molar-refractivity contribution in [3.05, 3.63) is 29.8 Å². The lowest BCUT2D eigenvalue weighted by molar-refractivity contribution is -0.117. The Morgan fingerprint density at radius 1 is 1.33 bits per heavy atom. The first kappa shape index (κ1) is 14.7. The molecule has 1 aromatic carbocycles. The zero-order valence-electron chi connectivity index (χ0n) is 11.6. The molecule has 0 aliphatic rings. The molecule has 0 spiro atoms. The van der Waals surface area contributed by atoms with Gasteiger partial charge in [-0.15, -0.1) is 0 Å². The molecule has 0 aromatic heterocycles. The lowest BCUT2D eigenvalue weighted by Crippen LogP contribution is -2.15. The van der Waals surface area contributed by atoms with Gasteiger partial charge in [-0.25, -0.2) is 0 Å². The Bertz CT molecular complexity index is 377. The molecule has 1 atom stereocenters. The first-order valence-corrected chi connectivity index (χ1v) is 6.75. The third kappa shape index (κ3) is 5.32. The first-order valence-electron chi connectivity index (χ1n) is 6.75. The molecule has 1 amide bonds. The molecule has 1 aromatic rings. The predicted molar refractivity (Wildman–Crippen MR) is 76.5 cm³/mol. The van der Waals surface area contributed by atoms with Crippen LogP contribution in [0.25, 0.3) is 0 Å². The number of hydrogen-bond acceptors (Lipinski definition) is 2. The molecule has 1 unspecified atom stereocenters. The fourth-order valence-corrected chi connectivity index (χ4v) is 1.70. The van der Waals surface area contributed by atoms with E-state index in [9.17, 15) is 4.79 Å². The highest BCUT2D eigenvalue weighted by atomic mass is 16.1. The Morgan fingerprint density at radius 3 is 2.78 bits per heavy atom. The van der Waals surface area contributed by atoms with Crippen molar-refractivity contribution in [2.45, 2.75) is 40.2 Å². The molecule has 0 saturated heterocycles. The molecule has 0 fully saturated rings. The van der Waals surface area contributed by atoms with Crippen molar-refractivity contribution >= 4 is 11.6 Å². The van der Waals surface area contributed by atoms with E-state index in [0.717, 1.165) is 25.2 Å². The van der Waals surface area contributed by atoms with Crippen molar-refractivity contribution in [2.75, 3.05) is 11.9 Å². The van der Waals surface area contributed by atoms with Gasteiger partial charge >= 0.3 is 0 Å². The summed E-state index contributed by atoms with van der Waals surface area (Å²) >= 11 is 0. The highest BCUT2D eigenvalue weighted by Crippen LogP contribution is 2.13. The van der Waals surface area contributed by atoms with E-state index in [1.54, 1.807) is 0 Å². The molecule has 18 heavy (non-hydrogen) atoms. The Morgan fingerprint density at radius 2 is 2.11 bits per heavy atom. The summed E-state index contributed by atoms with van der Waals surface area (Å²) in [5, 5.41) is 6.23. The van der Waals surface area contributed by atoms with Crippen LogP contribution in [0.3, 0.4) is 0 Å². The quantitative estimate of drug-likeness (QED) is 0.778. The van der Waals surface area contributed by atoms with Gasteiger partial charge in [0.05, 0.1) is 0 Å². The minimum atomic E-state index is 0.102. The molecule has 2 N–H and O–H groups in total. The summed E-state index contributed by atoms with van der Waals surface area (Å²) in [7, 11) is 0. The second-order valence-electron chi connectivity index (χ2n) is 4.75. The van der Waals surface area contributed by atoms with E-state index < -0.39 is 0 Å². The number of anilines is 1. The minimum Gasteiger partial charge on any atom is -0.326 e. The Balaban J connectivity index is 2.53. The number of carbonyl (C=O) groups excluding carboxylic acids is 1. The fraction of sp³-hybridized carbons (Fsp3) is 0.533. The zero-order valence-corrected chi connectivity index (χ0v) is 11.6. The molecular weight excluding hydrogens is 224 g/mol. The summed E-state index contributed by atoms with van der Waals surface area (Å²) in [5.41, 5.74) is 2.08.